The number of allylic oxidation sites excluding steroid dienone is 5. The summed E-state index contributed by atoms with van der Waals surface area (Å²) in [6.45, 7) is 13.3. The Labute approximate surface area is 205 Å². The molecule has 0 radical (unpaired) electrons. The predicted molar refractivity (Wildman–Crippen MR) is 135 cm³/mol. The first-order valence-electron chi connectivity index (χ1n) is 13.2. The summed E-state index contributed by atoms with van der Waals surface area (Å²) < 4.78 is 0. The molecule has 0 aromatic heterocycles. The average Bonchev–Trinajstić information content (AvgIpc) is 2.99. The highest BCUT2D eigenvalue weighted by atomic mass is 16.3. The molecule has 2 fully saturated rings. The van der Waals surface area contributed by atoms with Crippen LogP contribution < -0.4 is 0 Å². The lowest BCUT2D eigenvalue weighted by Gasteiger charge is -2.59. The second kappa shape index (κ2) is 8.55. The molecule has 34 heavy (non-hydrogen) atoms. The van der Waals surface area contributed by atoms with Crippen molar-refractivity contribution in [1.82, 2.24) is 0 Å². The SMILES string of the molecule is C[C@H](CCC=C(CO)CO)[C@H]1C(=O)C[C@@]2(C)C3=CC[C@@H]4C(C)(C)C(=O)CC[C@]4(C)C3=CC[C@]12C. The van der Waals surface area contributed by atoms with E-state index in [1.54, 1.807) is 0 Å². The summed E-state index contributed by atoms with van der Waals surface area (Å²) in [7, 11) is 0. The van der Waals surface area contributed by atoms with Gasteiger partial charge in [0.25, 0.3) is 0 Å². The highest BCUT2D eigenvalue weighted by Gasteiger charge is 2.65. The summed E-state index contributed by atoms with van der Waals surface area (Å²) in [5, 5.41) is 18.6. The van der Waals surface area contributed by atoms with Crippen LogP contribution in [0.4, 0.5) is 0 Å². The van der Waals surface area contributed by atoms with E-state index in [2.05, 4.69) is 53.7 Å². The highest BCUT2D eigenvalue weighted by molar-refractivity contribution is 5.88. The standard InChI is InChI=1S/C30H44O4/c1-19(8-7-9-20(17-31)18-32)26-23(33)16-30(6)22-10-11-24-27(2,3)25(34)13-14-28(24,4)21(22)12-15-29(26,30)5/h9-10,12,19,24,26,31-32H,7-8,11,13-18H2,1-6H3/t19-,24-,26+,28-,29-,30+/m1/s1. The number of hydrogen-bond donors (Lipinski definition) is 2. The number of carbonyl (C=O) groups is 2. The van der Waals surface area contributed by atoms with E-state index in [-0.39, 0.29) is 46.7 Å². The molecule has 4 aliphatic rings. The molecule has 4 nitrogen and oxygen atoms in total. The zero-order chi connectivity index (χ0) is 25.1. The molecule has 0 spiro atoms. The summed E-state index contributed by atoms with van der Waals surface area (Å²) in [6, 6.07) is 0. The summed E-state index contributed by atoms with van der Waals surface area (Å²) >= 11 is 0. The van der Waals surface area contributed by atoms with Crippen molar-refractivity contribution in [2.45, 2.75) is 86.5 Å². The topological polar surface area (TPSA) is 74.6 Å². The summed E-state index contributed by atoms with van der Waals surface area (Å²) in [4.78, 5) is 26.4. The molecule has 4 rings (SSSR count). The van der Waals surface area contributed by atoms with E-state index in [9.17, 15) is 19.8 Å². The number of aliphatic hydroxyl groups is 2. The van der Waals surface area contributed by atoms with Gasteiger partial charge in [-0.3, -0.25) is 9.59 Å². The molecule has 0 aliphatic heterocycles. The summed E-state index contributed by atoms with van der Waals surface area (Å²) in [6.07, 6.45) is 12.4. The van der Waals surface area contributed by atoms with Crippen LogP contribution in [0.25, 0.3) is 0 Å². The van der Waals surface area contributed by atoms with Crippen molar-refractivity contribution in [3.05, 3.63) is 34.9 Å². The molecule has 0 saturated heterocycles. The van der Waals surface area contributed by atoms with Gasteiger partial charge < -0.3 is 10.2 Å². The Bertz CT molecular complexity index is 962. The van der Waals surface area contributed by atoms with E-state index in [0.29, 0.717) is 35.9 Å². The molecule has 188 valence electrons. The van der Waals surface area contributed by atoms with Crippen LogP contribution in [0.1, 0.15) is 86.5 Å². The number of hydrogen-bond acceptors (Lipinski definition) is 4. The van der Waals surface area contributed by atoms with E-state index in [4.69, 9.17) is 0 Å². The van der Waals surface area contributed by atoms with Gasteiger partial charge in [0.2, 0.25) is 0 Å². The minimum Gasteiger partial charge on any atom is -0.392 e. The van der Waals surface area contributed by atoms with E-state index in [1.165, 1.54) is 11.1 Å². The van der Waals surface area contributed by atoms with Gasteiger partial charge in [0.1, 0.15) is 11.6 Å². The predicted octanol–water partition coefficient (Wildman–Crippen LogP) is 5.59. The molecule has 2 saturated carbocycles. The van der Waals surface area contributed by atoms with Gasteiger partial charge in [0.15, 0.2) is 0 Å². The lowest BCUT2D eigenvalue weighted by atomic mass is 9.44. The fraction of sp³-hybridized carbons (Fsp3) is 0.733. The fourth-order valence-electron chi connectivity index (χ4n) is 8.53. The van der Waals surface area contributed by atoms with Crippen LogP contribution in [0.5, 0.6) is 0 Å². The largest absolute Gasteiger partial charge is 0.392 e. The number of carbonyl (C=O) groups excluding carboxylic acids is 2. The van der Waals surface area contributed by atoms with Gasteiger partial charge in [-0.25, -0.2) is 0 Å². The Morgan fingerprint density at radius 2 is 1.76 bits per heavy atom. The first-order chi connectivity index (χ1) is 15.9. The van der Waals surface area contributed by atoms with Crippen molar-refractivity contribution in [3.8, 4) is 0 Å². The van der Waals surface area contributed by atoms with Gasteiger partial charge in [-0.2, -0.15) is 0 Å². The first-order valence-corrected chi connectivity index (χ1v) is 13.2. The lowest BCUT2D eigenvalue weighted by Crippen LogP contribution is -2.53. The van der Waals surface area contributed by atoms with Gasteiger partial charge >= 0.3 is 0 Å². The minimum atomic E-state index is -0.310. The smallest absolute Gasteiger partial charge is 0.138 e. The van der Waals surface area contributed by atoms with Gasteiger partial charge in [-0.15, -0.1) is 0 Å². The average molecular weight is 469 g/mol. The Kier molecular flexibility index (Phi) is 6.43. The molecule has 0 aromatic rings. The van der Waals surface area contributed by atoms with Crippen LogP contribution in [0.15, 0.2) is 34.9 Å². The number of aliphatic hydroxyl groups excluding tert-OH is 2. The van der Waals surface area contributed by atoms with Gasteiger partial charge in [0, 0.05) is 29.6 Å². The van der Waals surface area contributed by atoms with E-state index in [0.717, 1.165) is 32.1 Å². The maximum absolute atomic E-state index is 13.6. The molecule has 4 aliphatic carbocycles. The third-order valence-corrected chi connectivity index (χ3v) is 10.9. The van der Waals surface area contributed by atoms with Gasteiger partial charge in [-0.1, -0.05) is 59.8 Å². The van der Waals surface area contributed by atoms with Crippen LogP contribution in [-0.2, 0) is 9.59 Å². The van der Waals surface area contributed by atoms with Gasteiger partial charge in [-0.05, 0) is 71.5 Å². The van der Waals surface area contributed by atoms with E-state index < -0.39 is 0 Å². The molecule has 0 unspecified atom stereocenters. The lowest BCUT2D eigenvalue weighted by molar-refractivity contribution is -0.138. The Morgan fingerprint density at radius 3 is 2.41 bits per heavy atom. The zero-order valence-electron chi connectivity index (χ0n) is 22.0. The molecular weight excluding hydrogens is 424 g/mol. The third kappa shape index (κ3) is 3.46. The normalized spacial score (nSPS) is 39.4. The minimum absolute atomic E-state index is 0.00559. The second-order valence-corrected chi connectivity index (χ2v) is 12.9. The first kappa shape index (κ1) is 25.6. The second-order valence-electron chi connectivity index (χ2n) is 12.9. The maximum Gasteiger partial charge on any atom is 0.138 e. The number of Topliss-reactive ketones (excluding diaryl/α,β-unsaturated/α-hetero) is 2. The fourth-order valence-corrected chi connectivity index (χ4v) is 8.53. The number of rotatable bonds is 6. The summed E-state index contributed by atoms with van der Waals surface area (Å²) in [5.74, 6) is 1.33. The number of fused-ring (bicyclic) bond motifs is 5. The van der Waals surface area contributed by atoms with Crippen molar-refractivity contribution in [3.63, 3.8) is 0 Å². The van der Waals surface area contributed by atoms with Crippen LogP contribution in [0.2, 0.25) is 0 Å². The quantitative estimate of drug-likeness (QED) is 0.499. The van der Waals surface area contributed by atoms with Crippen molar-refractivity contribution in [2.75, 3.05) is 13.2 Å². The molecule has 0 amide bonds. The van der Waals surface area contributed by atoms with Crippen LogP contribution in [0, 0.1) is 39.4 Å². The highest BCUT2D eigenvalue weighted by Crippen LogP contribution is 2.70. The Hall–Kier alpha value is -1.52. The van der Waals surface area contributed by atoms with Crippen LogP contribution in [0.3, 0.4) is 0 Å². The third-order valence-electron chi connectivity index (χ3n) is 10.9. The molecule has 4 heteroatoms. The number of ketones is 2. The molecule has 2 N–H and O–H groups in total. The van der Waals surface area contributed by atoms with E-state index >= 15 is 0 Å². The Morgan fingerprint density at radius 1 is 1.09 bits per heavy atom. The molecule has 0 aromatic carbocycles. The van der Waals surface area contributed by atoms with Crippen molar-refractivity contribution >= 4 is 11.6 Å². The molecular formula is C30H44O4. The summed E-state index contributed by atoms with van der Waals surface area (Å²) in [5.41, 5.74) is 2.84. The van der Waals surface area contributed by atoms with Gasteiger partial charge in [0.05, 0.1) is 13.2 Å². The Balaban J connectivity index is 1.66. The molecule has 0 bridgehead atoms. The van der Waals surface area contributed by atoms with Crippen molar-refractivity contribution < 1.29 is 19.8 Å². The van der Waals surface area contributed by atoms with Crippen molar-refractivity contribution in [2.24, 2.45) is 39.4 Å². The molecule has 6 atom stereocenters. The van der Waals surface area contributed by atoms with E-state index in [1.807, 2.05) is 6.08 Å². The molecule has 0 heterocycles. The van der Waals surface area contributed by atoms with Crippen LogP contribution >= 0.6 is 0 Å². The van der Waals surface area contributed by atoms with Crippen LogP contribution in [-0.4, -0.2) is 35.0 Å². The maximum atomic E-state index is 13.6. The monoisotopic (exact) mass is 468 g/mol. The zero-order valence-corrected chi connectivity index (χ0v) is 22.0. The van der Waals surface area contributed by atoms with Crippen molar-refractivity contribution in [1.29, 1.82) is 0 Å².